The van der Waals surface area contributed by atoms with Crippen LogP contribution in [0.3, 0.4) is 0 Å². The van der Waals surface area contributed by atoms with Crippen molar-refractivity contribution in [1.82, 2.24) is 9.80 Å². The van der Waals surface area contributed by atoms with Gasteiger partial charge in [-0.2, -0.15) is 0 Å². The number of rotatable bonds is 8. The van der Waals surface area contributed by atoms with E-state index in [0.717, 1.165) is 48.9 Å². The number of piperidine rings is 1. The Balaban J connectivity index is 1.32. The van der Waals surface area contributed by atoms with Crippen molar-refractivity contribution < 1.29 is 19.0 Å². The van der Waals surface area contributed by atoms with E-state index in [1.165, 1.54) is 0 Å². The maximum Gasteiger partial charge on any atom is 0.227 e. The highest BCUT2D eigenvalue weighted by Crippen LogP contribution is 2.16. The Morgan fingerprint density at radius 3 is 2.35 bits per heavy atom. The van der Waals surface area contributed by atoms with Gasteiger partial charge < -0.3 is 24.0 Å². The van der Waals surface area contributed by atoms with Gasteiger partial charge in [-0.15, -0.1) is 0 Å². The highest BCUT2D eigenvalue weighted by molar-refractivity contribution is 5.96. The van der Waals surface area contributed by atoms with Gasteiger partial charge in [-0.25, -0.2) is 4.99 Å². The molecule has 8 heteroatoms. The van der Waals surface area contributed by atoms with Gasteiger partial charge in [0.25, 0.3) is 0 Å². The summed E-state index contributed by atoms with van der Waals surface area (Å²) in [5.74, 6) is 3.20. The van der Waals surface area contributed by atoms with E-state index in [1.54, 1.807) is 7.05 Å². The molecule has 0 saturated carbocycles. The van der Waals surface area contributed by atoms with E-state index < -0.39 is 0 Å². The van der Waals surface area contributed by atoms with Gasteiger partial charge in [-0.05, 0) is 37.5 Å². The summed E-state index contributed by atoms with van der Waals surface area (Å²) in [6, 6.07) is 7.77. The molecule has 2 fully saturated rings. The lowest BCUT2D eigenvalue weighted by atomic mass is 10.1. The Bertz CT molecular complexity index is 824. The summed E-state index contributed by atoms with van der Waals surface area (Å²) in [4.78, 5) is 25.5. The molecule has 0 spiro atoms. The van der Waals surface area contributed by atoms with Crippen LogP contribution in [0.5, 0.6) is 5.75 Å². The van der Waals surface area contributed by atoms with Crippen molar-refractivity contribution >= 4 is 17.6 Å². The smallest absolute Gasteiger partial charge is 0.227 e. The normalized spacial score (nSPS) is 18.5. The van der Waals surface area contributed by atoms with E-state index in [9.17, 15) is 4.79 Å². The van der Waals surface area contributed by atoms with Gasteiger partial charge in [0.15, 0.2) is 0 Å². The highest BCUT2D eigenvalue weighted by Gasteiger charge is 2.21. The van der Waals surface area contributed by atoms with Gasteiger partial charge in [-0.3, -0.25) is 9.79 Å². The number of likely N-dealkylation sites (tertiary alicyclic amines) is 1. The lowest BCUT2D eigenvalue weighted by Gasteiger charge is -2.33. The zero-order valence-corrected chi connectivity index (χ0v) is 21.2. The molecule has 188 valence electrons. The third kappa shape index (κ3) is 8.09. The second-order valence-electron chi connectivity index (χ2n) is 9.12. The SMILES string of the molecule is C/N=C(\N=C(/C)N1CCC(OCCOc2ccc(CC(=O)N3CCOCC3)cc2)CC1)C(C)C. The lowest BCUT2D eigenvalue weighted by Crippen LogP contribution is -2.41. The largest absolute Gasteiger partial charge is 0.491 e. The molecular weight excluding hydrogens is 432 g/mol. The van der Waals surface area contributed by atoms with Gasteiger partial charge >= 0.3 is 0 Å². The summed E-state index contributed by atoms with van der Waals surface area (Å²) in [7, 11) is 1.80. The van der Waals surface area contributed by atoms with Crippen LogP contribution >= 0.6 is 0 Å². The number of benzene rings is 1. The van der Waals surface area contributed by atoms with Crippen molar-refractivity contribution in [3.8, 4) is 5.75 Å². The quantitative estimate of drug-likeness (QED) is 0.330. The number of carbonyl (C=O) groups excluding carboxylic acids is 1. The molecule has 2 saturated heterocycles. The van der Waals surface area contributed by atoms with Crippen LogP contribution in [-0.4, -0.2) is 93.1 Å². The van der Waals surface area contributed by atoms with Crippen LogP contribution in [0.2, 0.25) is 0 Å². The second kappa shape index (κ2) is 13.4. The summed E-state index contributed by atoms with van der Waals surface area (Å²) < 4.78 is 17.2. The Labute approximate surface area is 204 Å². The summed E-state index contributed by atoms with van der Waals surface area (Å²) in [5.41, 5.74) is 0.997. The Hall–Kier alpha value is -2.45. The molecule has 0 radical (unpaired) electrons. The van der Waals surface area contributed by atoms with Crippen molar-refractivity contribution in [3.05, 3.63) is 29.8 Å². The maximum absolute atomic E-state index is 12.4. The third-order valence-corrected chi connectivity index (χ3v) is 6.27. The van der Waals surface area contributed by atoms with Crippen LogP contribution in [0.4, 0.5) is 0 Å². The summed E-state index contributed by atoms with van der Waals surface area (Å²) in [6.45, 7) is 11.9. The van der Waals surface area contributed by atoms with Crippen LogP contribution < -0.4 is 4.74 Å². The fourth-order valence-electron chi connectivity index (χ4n) is 4.20. The topological polar surface area (TPSA) is 76.0 Å². The molecule has 2 heterocycles. The fraction of sp³-hybridized carbons (Fsp3) is 0.654. The molecule has 2 aliphatic heterocycles. The molecule has 0 aromatic heterocycles. The first-order chi connectivity index (χ1) is 16.5. The molecule has 0 aliphatic carbocycles. The number of ether oxygens (including phenoxy) is 3. The van der Waals surface area contributed by atoms with Gasteiger partial charge in [0.2, 0.25) is 5.91 Å². The van der Waals surface area contributed by atoms with Gasteiger partial charge in [-0.1, -0.05) is 26.0 Å². The highest BCUT2D eigenvalue weighted by atomic mass is 16.5. The summed E-state index contributed by atoms with van der Waals surface area (Å²) in [5, 5.41) is 0. The number of nitrogens with zero attached hydrogens (tertiary/aromatic N) is 4. The number of amides is 1. The Kier molecular flexibility index (Phi) is 10.3. The number of hydrogen-bond donors (Lipinski definition) is 0. The van der Waals surface area contributed by atoms with Crippen molar-refractivity contribution in [1.29, 1.82) is 0 Å². The van der Waals surface area contributed by atoms with Crippen LogP contribution in [0.15, 0.2) is 34.3 Å². The first kappa shape index (κ1) is 26.2. The third-order valence-electron chi connectivity index (χ3n) is 6.27. The number of morpholine rings is 1. The molecule has 0 atom stereocenters. The number of carbonyl (C=O) groups is 1. The first-order valence-corrected chi connectivity index (χ1v) is 12.4. The van der Waals surface area contributed by atoms with E-state index in [0.29, 0.717) is 51.9 Å². The maximum atomic E-state index is 12.4. The van der Waals surface area contributed by atoms with E-state index in [1.807, 2.05) is 29.2 Å². The summed E-state index contributed by atoms with van der Waals surface area (Å²) >= 11 is 0. The van der Waals surface area contributed by atoms with Gasteiger partial charge in [0.05, 0.1) is 32.3 Å². The molecule has 1 amide bonds. The van der Waals surface area contributed by atoms with Crippen molar-refractivity contribution in [2.75, 3.05) is 59.7 Å². The molecule has 1 aromatic rings. The van der Waals surface area contributed by atoms with E-state index in [-0.39, 0.29) is 12.0 Å². The predicted molar refractivity (Wildman–Crippen MR) is 135 cm³/mol. The molecule has 8 nitrogen and oxygen atoms in total. The van der Waals surface area contributed by atoms with Gasteiger partial charge in [0, 0.05) is 39.1 Å². The monoisotopic (exact) mass is 472 g/mol. The fourth-order valence-corrected chi connectivity index (χ4v) is 4.20. The van der Waals surface area contributed by atoms with E-state index >= 15 is 0 Å². The predicted octanol–water partition coefficient (Wildman–Crippen LogP) is 3.05. The zero-order chi connectivity index (χ0) is 24.3. The second-order valence-corrected chi connectivity index (χ2v) is 9.12. The average molecular weight is 473 g/mol. The number of hydrogen-bond acceptors (Lipinski definition) is 5. The van der Waals surface area contributed by atoms with Crippen molar-refractivity contribution in [2.45, 2.75) is 46.1 Å². The molecule has 34 heavy (non-hydrogen) atoms. The Morgan fingerprint density at radius 2 is 1.74 bits per heavy atom. The standard InChI is InChI=1S/C26H40N4O4/c1-20(2)26(27-4)28-21(3)29-11-9-24(10-12-29)34-18-17-33-23-7-5-22(6-8-23)19-25(31)30-13-15-32-16-14-30/h5-8,20,24H,9-19H2,1-4H3/b27-26-,28-21+. The van der Waals surface area contributed by atoms with Crippen LogP contribution in [-0.2, 0) is 20.7 Å². The first-order valence-electron chi connectivity index (χ1n) is 12.4. The molecule has 0 bridgehead atoms. The molecule has 3 rings (SSSR count). The van der Waals surface area contributed by atoms with Crippen LogP contribution in [0.25, 0.3) is 0 Å². The zero-order valence-electron chi connectivity index (χ0n) is 21.2. The van der Waals surface area contributed by atoms with Crippen LogP contribution in [0.1, 0.15) is 39.2 Å². The summed E-state index contributed by atoms with van der Waals surface area (Å²) in [6.07, 6.45) is 2.64. The van der Waals surface area contributed by atoms with Crippen molar-refractivity contribution in [3.63, 3.8) is 0 Å². The minimum absolute atomic E-state index is 0.150. The molecule has 1 aromatic carbocycles. The number of aliphatic imine (C=N–C) groups is 2. The van der Waals surface area contributed by atoms with Crippen molar-refractivity contribution in [2.24, 2.45) is 15.9 Å². The van der Waals surface area contributed by atoms with E-state index in [4.69, 9.17) is 19.2 Å². The molecule has 2 aliphatic rings. The average Bonchev–Trinajstić information content (AvgIpc) is 2.86. The molecule has 0 unspecified atom stereocenters. The van der Waals surface area contributed by atoms with E-state index in [2.05, 4.69) is 30.7 Å². The molecular formula is C26H40N4O4. The number of amidine groups is 2. The Morgan fingerprint density at radius 1 is 1.06 bits per heavy atom. The van der Waals surface area contributed by atoms with Gasteiger partial charge in [0.1, 0.15) is 24.0 Å². The minimum Gasteiger partial charge on any atom is -0.491 e. The minimum atomic E-state index is 0.150. The lowest BCUT2D eigenvalue weighted by molar-refractivity contribution is -0.134. The molecule has 0 N–H and O–H groups in total. The van der Waals surface area contributed by atoms with Crippen LogP contribution in [0, 0.1) is 5.92 Å².